The van der Waals surface area contributed by atoms with Gasteiger partial charge in [0.1, 0.15) is 0 Å². The molecule has 0 amide bonds. The van der Waals surface area contributed by atoms with Gasteiger partial charge < -0.3 is 0 Å². The minimum Gasteiger partial charge on any atom is -0.290 e. The lowest BCUT2D eigenvalue weighted by atomic mass is 10.1. The van der Waals surface area contributed by atoms with Crippen LogP contribution in [0.5, 0.6) is 0 Å². The molecule has 4 nitrogen and oxygen atoms in total. The van der Waals surface area contributed by atoms with Crippen LogP contribution in [0.3, 0.4) is 0 Å². The smallest absolute Gasteiger partial charge is 0.0771 e. The number of hydrogen-bond donors (Lipinski definition) is 0. The van der Waals surface area contributed by atoms with Crippen molar-refractivity contribution in [3.63, 3.8) is 0 Å². The van der Waals surface area contributed by atoms with Gasteiger partial charge in [-0.1, -0.05) is 6.07 Å². The molecule has 1 unspecified atom stereocenters. The average Bonchev–Trinajstić information content (AvgIpc) is 2.90. The van der Waals surface area contributed by atoms with Crippen molar-refractivity contribution in [3.05, 3.63) is 53.6 Å². The molecular weight excluding hydrogens is 236 g/mol. The molecule has 1 atom stereocenters. The van der Waals surface area contributed by atoms with Crippen LogP contribution in [0.4, 0.5) is 0 Å². The highest BCUT2D eigenvalue weighted by Gasteiger charge is 2.26. The van der Waals surface area contributed by atoms with Gasteiger partial charge in [0, 0.05) is 25.0 Å². The Morgan fingerprint density at radius 3 is 2.95 bits per heavy atom. The van der Waals surface area contributed by atoms with Gasteiger partial charge in [-0.3, -0.25) is 9.88 Å². The summed E-state index contributed by atoms with van der Waals surface area (Å²) in [5.74, 6) is 0. The van der Waals surface area contributed by atoms with E-state index in [9.17, 15) is 0 Å². The average molecular weight is 254 g/mol. The molecule has 2 aromatic heterocycles. The number of likely N-dealkylation sites (tertiary alicyclic amines) is 1. The molecule has 0 bridgehead atoms. The molecule has 3 heterocycles. The van der Waals surface area contributed by atoms with E-state index in [0.29, 0.717) is 6.04 Å². The Bertz CT molecular complexity index is 524. The van der Waals surface area contributed by atoms with Crippen molar-refractivity contribution in [2.75, 3.05) is 6.54 Å². The summed E-state index contributed by atoms with van der Waals surface area (Å²) >= 11 is 0. The predicted octanol–water partition coefficient (Wildman–Crippen LogP) is 2.52. The van der Waals surface area contributed by atoms with Crippen LogP contribution in [-0.4, -0.2) is 26.6 Å². The molecule has 1 aliphatic rings. The summed E-state index contributed by atoms with van der Waals surface area (Å²) in [6.45, 7) is 3.95. The Labute approximate surface area is 113 Å². The number of hydrogen-bond acceptors (Lipinski definition) is 4. The summed E-state index contributed by atoms with van der Waals surface area (Å²) in [5.41, 5.74) is 3.32. The number of nitrogens with zero attached hydrogens (tertiary/aromatic N) is 4. The summed E-state index contributed by atoms with van der Waals surface area (Å²) in [6, 6.07) is 8.74. The van der Waals surface area contributed by atoms with Gasteiger partial charge in [0.05, 0.1) is 11.4 Å². The molecule has 0 aromatic carbocycles. The lowest BCUT2D eigenvalue weighted by molar-refractivity contribution is 0.244. The van der Waals surface area contributed by atoms with Crippen LogP contribution in [0.2, 0.25) is 0 Å². The van der Waals surface area contributed by atoms with Gasteiger partial charge in [0.2, 0.25) is 0 Å². The van der Waals surface area contributed by atoms with Crippen LogP contribution in [-0.2, 0) is 6.54 Å². The van der Waals surface area contributed by atoms with Crippen molar-refractivity contribution in [2.24, 2.45) is 0 Å². The normalized spacial score (nSPS) is 19.7. The minimum absolute atomic E-state index is 0.469. The molecule has 0 spiro atoms. The maximum atomic E-state index is 4.26. The zero-order chi connectivity index (χ0) is 13.1. The van der Waals surface area contributed by atoms with Crippen molar-refractivity contribution in [2.45, 2.75) is 32.4 Å². The standard InChI is InChI=1S/C15H18N4/c1-12-6-7-14(18-17-12)11-19-9-3-5-15(19)13-4-2-8-16-10-13/h2,4,6-8,10,15H,3,5,9,11H2,1H3. The van der Waals surface area contributed by atoms with Crippen LogP contribution in [0.1, 0.15) is 35.8 Å². The monoisotopic (exact) mass is 254 g/mol. The van der Waals surface area contributed by atoms with Gasteiger partial charge in [-0.05, 0) is 50.1 Å². The lowest BCUT2D eigenvalue weighted by Crippen LogP contribution is -2.23. The molecule has 0 radical (unpaired) electrons. The van der Waals surface area contributed by atoms with Crippen molar-refractivity contribution in [1.82, 2.24) is 20.1 Å². The molecule has 1 aliphatic heterocycles. The highest BCUT2D eigenvalue weighted by molar-refractivity contribution is 5.16. The van der Waals surface area contributed by atoms with Crippen LogP contribution in [0.25, 0.3) is 0 Å². The van der Waals surface area contributed by atoms with Gasteiger partial charge in [0.15, 0.2) is 0 Å². The quantitative estimate of drug-likeness (QED) is 0.844. The second kappa shape index (κ2) is 5.45. The van der Waals surface area contributed by atoms with E-state index in [0.717, 1.165) is 24.5 Å². The van der Waals surface area contributed by atoms with E-state index in [2.05, 4.69) is 32.2 Å². The van der Waals surface area contributed by atoms with Crippen molar-refractivity contribution >= 4 is 0 Å². The first kappa shape index (κ1) is 12.2. The minimum atomic E-state index is 0.469. The van der Waals surface area contributed by atoms with Gasteiger partial charge in [-0.15, -0.1) is 0 Å². The van der Waals surface area contributed by atoms with E-state index in [-0.39, 0.29) is 0 Å². The summed E-state index contributed by atoms with van der Waals surface area (Å²) in [4.78, 5) is 6.70. The summed E-state index contributed by atoms with van der Waals surface area (Å²) in [5, 5.41) is 8.39. The van der Waals surface area contributed by atoms with E-state index in [4.69, 9.17) is 0 Å². The third-order valence-electron chi connectivity index (χ3n) is 3.65. The lowest BCUT2D eigenvalue weighted by Gasteiger charge is -2.23. The molecule has 1 saturated heterocycles. The number of pyridine rings is 1. The zero-order valence-corrected chi connectivity index (χ0v) is 11.2. The van der Waals surface area contributed by atoms with E-state index >= 15 is 0 Å². The summed E-state index contributed by atoms with van der Waals surface area (Å²) < 4.78 is 0. The first-order chi connectivity index (χ1) is 9.33. The highest BCUT2D eigenvalue weighted by atomic mass is 15.2. The van der Waals surface area contributed by atoms with Crippen molar-refractivity contribution in [3.8, 4) is 0 Å². The van der Waals surface area contributed by atoms with Crippen LogP contribution in [0.15, 0.2) is 36.7 Å². The maximum absolute atomic E-state index is 4.26. The molecular formula is C15H18N4. The first-order valence-corrected chi connectivity index (χ1v) is 6.76. The second-order valence-electron chi connectivity index (χ2n) is 5.08. The van der Waals surface area contributed by atoms with Crippen LogP contribution < -0.4 is 0 Å². The molecule has 0 N–H and O–H groups in total. The number of aromatic nitrogens is 3. The van der Waals surface area contributed by atoms with Crippen molar-refractivity contribution in [1.29, 1.82) is 0 Å². The fourth-order valence-corrected chi connectivity index (χ4v) is 2.68. The van der Waals surface area contributed by atoms with Crippen LogP contribution >= 0.6 is 0 Å². The Morgan fingerprint density at radius 2 is 2.21 bits per heavy atom. The molecule has 3 rings (SSSR count). The third-order valence-corrected chi connectivity index (χ3v) is 3.65. The molecule has 0 aliphatic carbocycles. The first-order valence-electron chi connectivity index (χ1n) is 6.76. The maximum Gasteiger partial charge on any atom is 0.0771 e. The van der Waals surface area contributed by atoms with E-state index in [1.54, 1.807) is 0 Å². The van der Waals surface area contributed by atoms with Gasteiger partial charge in [0.25, 0.3) is 0 Å². The molecule has 1 fully saturated rings. The summed E-state index contributed by atoms with van der Waals surface area (Å²) in [7, 11) is 0. The number of aryl methyl sites for hydroxylation is 1. The van der Waals surface area contributed by atoms with E-state index in [1.165, 1.54) is 18.4 Å². The van der Waals surface area contributed by atoms with Gasteiger partial charge >= 0.3 is 0 Å². The van der Waals surface area contributed by atoms with E-state index < -0.39 is 0 Å². The third kappa shape index (κ3) is 2.79. The predicted molar refractivity (Wildman–Crippen MR) is 73.4 cm³/mol. The molecule has 0 saturated carbocycles. The Morgan fingerprint density at radius 1 is 1.26 bits per heavy atom. The largest absolute Gasteiger partial charge is 0.290 e. The topological polar surface area (TPSA) is 41.9 Å². The molecule has 4 heteroatoms. The number of rotatable bonds is 3. The van der Waals surface area contributed by atoms with Gasteiger partial charge in [-0.25, -0.2) is 0 Å². The molecule has 19 heavy (non-hydrogen) atoms. The van der Waals surface area contributed by atoms with Gasteiger partial charge in [-0.2, -0.15) is 10.2 Å². The van der Waals surface area contributed by atoms with Crippen molar-refractivity contribution < 1.29 is 0 Å². The SMILES string of the molecule is Cc1ccc(CN2CCCC2c2cccnc2)nn1. The Kier molecular flexibility index (Phi) is 3.51. The zero-order valence-electron chi connectivity index (χ0n) is 11.2. The highest BCUT2D eigenvalue weighted by Crippen LogP contribution is 2.32. The summed E-state index contributed by atoms with van der Waals surface area (Å²) in [6.07, 6.45) is 6.24. The Hall–Kier alpha value is -1.81. The fraction of sp³-hybridized carbons (Fsp3) is 0.400. The van der Waals surface area contributed by atoms with E-state index in [1.807, 2.05) is 31.5 Å². The Balaban J connectivity index is 1.75. The second-order valence-corrected chi connectivity index (χ2v) is 5.08. The molecule has 98 valence electrons. The fourth-order valence-electron chi connectivity index (χ4n) is 2.68. The molecule has 2 aromatic rings. The van der Waals surface area contributed by atoms with Crippen LogP contribution in [0, 0.1) is 6.92 Å².